The van der Waals surface area contributed by atoms with Gasteiger partial charge in [0, 0.05) is 6.04 Å². The maximum atomic E-state index is 12.9. The number of aliphatic hydroxyl groups is 1. The summed E-state index contributed by atoms with van der Waals surface area (Å²) < 4.78 is 17.7. The minimum atomic E-state index is -1.10. The van der Waals surface area contributed by atoms with Gasteiger partial charge in [0.25, 0.3) is 0 Å². The fourth-order valence-corrected chi connectivity index (χ4v) is 1.96. The zero-order chi connectivity index (χ0) is 15.2. The standard InChI is InChI=1S/C15H22FNO3/c1-3-20-14(18)10-13(17)8-9-15(2,19)11-4-6-12(16)7-5-11/h4-7,13,19H,3,8-10,17H2,1-2H3. The van der Waals surface area contributed by atoms with E-state index >= 15 is 0 Å². The molecule has 2 unspecified atom stereocenters. The van der Waals surface area contributed by atoms with Gasteiger partial charge in [-0.25, -0.2) is 4.39 Å². The Kier molecular flexibility index (Phi) is 6.10. The lowest BCUT2D eigenvalue weighted by molar-refractivity contribution is -0.143. The normalized spacial score (nSPS) is 15.4. The van der Waals surface area contributed by atoms with E-state index in [1.165, 1.54) is 12.1 Å². The quantitative estimate of drug-likeness (QED) is 0.752. The van der Waals surface area contributed by atoms with Crippen molar-refractivity contribution in [2.75, 3.05) is 6.61 Å². The van der Waals surface area contributed by atoms with E-state index in [1.807, 2.05) is 0 Å². The first-order valence-electron chi connectivity index (χ1n) is 6.74. The average Bonchev–Trinajstić information content (AvgIpc) is 2.37. The van der Waals surface area contributed by atoms with Crippen LogP contribution >= 0.6 is 0 Å². The Labute approximate surface area is 118 Å². The van der Waals surface area contributed by atoms with Crippen LogP contribution in [0, 0.1) is 5.82 Å². The smallest absolute Gasteiger partial charge is 0.307 e. The third-order valence-electron chi connectivity index (χ3n) is 3.20. The Morgan fingerprint density at radius 2 is 2.05 bits per heavy atom. The van der Waals surface area contributed by atoms with Gasteiger partial charge in [0.15, 0.2) is 0 Å². The van der Waals surface area contributed by atoms with Gasteiger partial charge in [-0.3, -0.25) is 4.79 Å². The van der Waals surface area contributed by atoms with E-state index in [0.29, 0.717) is 25.0 Å². The highest BCUT2D eigenvalue weighted by Crippen LogP contribution is 2.26. The Hall–Kier alpha value is -1.46. The van der Waals surface area contributed by atoms with Gasteiger partial charge in [0.05, 0.1) is 18.6 Å². The van der Waals surface area contributed by atoms with Crippen molar-refractivity contribution in [2.24, 2.45) is 5.73 Å². The number of nitrogens with two attached hydrogens (primary N) is 1. The second-order valence-electron chi connectivity index (χ2n) is 5.09. The summed E-state index contributed by atoms with van der Waals surface area (Å²) in [7, 11) is 0. The first-order chi connectivity index (χ1) is 9.35. The predicted molar refractivity (Wildman–Crippen MR) is 74.4 cm³/mol. The van der Waals surface area contributed by atoms with Gasteiger partial charge >= 0.3 is 5.97 Å². The molecule has 0 aliphatic carbocycles. The molecule has 0 amide bonds. The van der Waals surface area contributed by atoms with Crippen LogP contribution < -0.4 is 5.73 Å². The maximum Gasteiger partial charge on any atom is 0.307 e. The molecule has 0 fully saturated rings. The van der Waals surface area contributed by atoms with E-state index in [2.05, 4.69) is 0 Å². The van der Waals surface area contributed by atoms with Gasteiger partial charge in [-0.15, -0.1) is 0 Å². The molecule has 2 atom stereocenters. The summed E-state index contributed by atoms with van der Waals surface area (Å²) in [5, 5.41) is 10.4. The number of halogens is 1. The lowest BCUT2D eigenvalue weighted by Gasteiger charge is -2.25. The third-order valence-corrected chi connectivity index (χ3v) is 3.20. The molecule has 1 aromatic rings. The molecule has 0 heterocycles. The molecule has 0 spiro atoms. The summed E-state index contributed by atoms with van der Waals surface area (Å²) in [6.07, 6.45) is 0.996. The summed E-state index contributed by atoms with van der Waals surface area (Å²) in [6, 6.07) is 5.35. The molecule has 0 aliphatic rings. The molecule has 0 saturated carbocycles. The van der Waals surface area contributed by atoms with Crippen molar-refractivity contribution in [3.8, 4) is 0 Å². The highest BCUT2D eigenvalue weighted by atomic mass is 19.1. The van der Waals surface area contributed by atoms with Crippen LogP contribution in [0.25, 0.3) is 0 Å². The molecule has 3 N–H and O–H groups in total. The van der Waals surface area contributed by atoms with Gasteiger partial charge in [-0.1, -0.05) is 12.1 Å². The number of rotatable bonds is 7. The zero-order valence-electron chi connectivity index (χ0n) is 11.9. The molecular weight excluding hydrogens is 261 g/mol. The molecule has 4 nitrogen and oxygen atoms in total. The van der Waals surface area contributed by atoms with Crippen LogP contribution in [-0.4, -0.2) is 23.7 Å². The highest BCUT2D eigenvalue weighted by Gasteiger charge is 2.24. The van der Waals surface area contributed by atoms with Crippen molar-refractivity contribution in [3.63, 3.8) is 0 Å². The van der Waals surface area contributed by atoms with Crippen LogP contribution in [0.4, 0.5) is 4.39 Å². The Bertz CT molecular complexity index is 431. The van der Waals surface area contributed by atoms with E-state index in [0.717, 1.165) is 0 Å². The number of benzene rings is 1. The minimum absolute atomic E-state index is 0.132. The van der Waals surface area contributed by atoms with Crippen molar-refractivity contribution in [2.45, 2.75) is 44.8 Å². The fourth-order valence-electron chi connectivity index (χ4n) is 1.96. The van der Waals surface area contributed by atoms with Gasteiger partial charge in [-0.05, 0) is 44.4 Å². The molecule has 0 saturated heterocycles. The van der Waals surface area contributed by atoms with Gasteiger partial charge in [-0.2, -0.15) is 0 Å². The molecule has 0 aromatic heterocycles. The molecule has 5 heteroatoms. The topological polar surface area (TPSA) is 72.5 Å². The second-order valence-corrected chi connectivity index (χ2v) is 5.09. The molecule has 112 valence electrons. The van der Waals surface area contributed by atoms with Crippen LogP contribution in [0.3, 0.4) is 0 Å². The molecule has 0 radical (unpaired) electrons. The van der Waals surface area contributed by atoms with E-state index in [4.69, 9.17) is 10.5 Å². The van der Waals surface area contributed by atoms with E-state index in [1.54, 1.807) is 26.0 Å². The largest absolute Gasteiger partial charge is 0.466 e. The van der Waals surface area contributed by atoms with Gasteiger partial charge in [0.2, 0.25) is 0 Å². The minimum Gasteiger partial charge on any atom is -0.466 e. The summed E-state index contributed by atoms with van der Waals surface area (Å²) in [5.74, 6) is -0.676. The molecule has 1 aromatic carbocycles. The lowest BCUT2D eigenvalue weighted by atomic mass is 9.89. The molecular formula is C15H22FNO3. The summed E-state index contributed by atoms with van der Waals surface area (Å²) in [6.45, 7) is 3.72. The number of esters is 1. The van der Waals surface area contributed by atoms with E-state index in [9.17, 15) is 14.3 Å². The maximum absolute atomic E-state index is 12.9. The molecule has 1 rings (SSSR count). The number of ether oxygens (including phenoxy) is 1. The van der Waals surface area contributed by atoms with E-state index in [-0.39, 0.29) is 24.2 Å². The molecule has 0 aliphatic heterocycles. The van der Waals surface area contributed by atoms with Crippen molar-refractivity contribution >= 4 is 5.97 Å². The van der Waals surface area contributed by atoms with Gasteiger partial charge < -0.3 is 15.6 Å². The fraction of sp³-hybridized carbons (Fsp3) is 0.533. The SMILES string of the molecule is CCOC(=O)CC(N)CCC(C)(O)c1ccc(F)cc1. The van der Waals surface area contributed by atoms with Gasteiger partial charge in [0.1, 0.15) is 5.82 Å². The van der Waals surface area contributed by atoms with E-state index < -0.39 is 5.60 Å². The lowest BCUT2D eigenvalue weighted by Crippen LogP contribution is -2.29. The van der Waals surface area contributed by atoms with Crippen LogP contribution in [0.1, 0.15) is 38.7 Å². The Morgan fingerprint density at radius 1 is 1.45 bits per heavy atom. The monoisotopic (exact) mass is 283 g/mol. The van der Waals surface area contributed by atoms with Crippen molar-refractivity contribution in [1.82, 2.24) is 0 Å². The summed E-state index contributed by atoms with van der Waals surface area (Å²) in [4.78, 5) is 11.3. The Morgan fingerprint density at radius 3 is 2.60 bits per heavy atom. The number of carbonyl (C=O) groups is 1. The highest BCUT2D eigenvalue weighted by molar-refractivity contribution is 5.70. The zero-order valence-corrected chi connectivity index (χ0v) is 11.9. The van der Waals surface area contributed by atoms with Crippen molar-refractivity contribution < 1.29 is 19.0 Å². The van der Waals surface area contributed by atoms with Crippen molar-refractivity contribution in [3.05, 3.63) is 35.6 Å². The van der Waals surface area contributed by atoms with Crippen LogP contribution in [0.2, 0.25) is 0 Å². The van der Waals surface area contributed by atoms with Crippen LogP contribution in [-0.2, 0) is 15.1 Å². The number of carbonyl (C=O) groups excluding carboxylic acids is 1. The number of hydrogen-bond donors (Lipinski definition) is 2. The van der Waals surface area contributed by atoms with Crippen LogP contribution in [0.5, 0.6) is 0 Å². The summed E-state index contributed by atoms with van der Waals surface area (Å²) in [5.41, 5.74) is 5.37. The first kappa shape index (κ1) is 16.6. The second kappa shape index (κ2) is 7.36. The third kappa shape index (κ3) is 5.27. The first-order valence-corrected chi connectivity index (χ1v) is 6.74. The molecule has 0 bridgehead atoms. The van der Waals surface area contributed by atoms with Crippen LogP contribution in [0.15, 0.2) is 24.3 Å². The Balaban J connectivity index is 2.50. The number of hydrogen-bond acceptors (Lipinski definition) is 4. The summed E-state index contributed by atoms with van der Waals surface area (Å²) >= 11 is 0. The predicted octanol–water partition coefficient (Wildman–Crippen LogP) is 2.09. The van der Waals surface area contributed by atoms with Crippen molar-refractivity contribution in [1.29, 1.82) is 0 Å². The average molecular weight is 283 g/mol. The molecule has 20 heavy (non-hydrogen) atoms.